The van der Waals surface area contributed by atoms with E-state index in [0.29, 0.717) is 32.1 Å². The van der Waals surface area contributed by atoms with Gasteiger partial charge in [0.05, 0.1) is 62.0 Å². The lowest BCUT2D eigenvalue weighted by atomic mass is 9.95. The number of hydrogen-bond acceptors (Lipinski definition) is 30. The van der Waals surface area contributed by atoms with Crippen molar-refractivity contribution in [3.05, 3.63) is 11.6 Å². The van der Waals surface area contributed by atoms with Gasteiger partial charge < -0.3 is 122 Å². The van der Waals surface area contributed by atoms with Crippen LogP contribution in [0.15, 0.2) is 11.6 Å². The van der Waals surface area contributed by atoms with Crippen LogP contribution < -0.4 is 0 Å². The van der Waals surface area contributed by atoms with E-state index < -0.39 is 233 Å². The third kappa shape index (κ3) is 21.2. The summed E-state index contributed by atoms with van der Waals surface area (Å²) >= 11 is 0. The van der Waals surface area contributed by atoms with E-state index in [0.717, 1.165) is 44.9 Å². The van der Waals surface area contributed by atoms with Crippen molar-refractivity contribution in [3.8, 4) is 0 Å². The molecule has 0 aromatic heterocycles. The fraction of sp³-hybridized carbons (Fsp3) is 0.894. The number of ether oxygens (including phenoxy) is 15. The molecule has 0 amide bonds. The van der Waals surface area contributed by atoms with Crippen molar-refractivity contribution < 1.29 is 146 Å². The standard InChI is InChI=1S/C66H110O30/c1-12-16-22-25-38-26-23-20-18-17-19-21-24-27-42(70)89-54-47(75)44(72)39(28-67)86-63(54)82-30-41-51(91-59(79)32(6)14-3)53(92-60(80)33(7)15-4)49(77)62(88-41)94-52-45(73)40(29-68)87-66(95-55-46(74)43(71)36(10)83-64(55)85-38)57(52)96-65-56(93-61(81)34(8)35(9)69)48(76)50(37(11)84-65)90-58(78)31(5)13-2/h13,32-41,43-57,62-69,71-77H,12,14-30H2,1-11H3. The molecule has 0 radical (unpaired) electrons. The molecule has 30 atom stereocenters. The summed E-state index contributed by atoms with van der Waals surface area (Å²) in [5.74, 6) is -7.50. The van der Waals surface area contributed by atoms with Gasteiger partial charge in [0.1, 0.15) is 79.4 Å². The molecule has 6 heterocycles. The van der Waals surface area contributed by atoms with Crippen LogP contribution in [0, 0.1) is 17.8 Å². The molecule has 6 aliphatic rings. The Morgan fingerprint density at radius 3 is 1.75 bits per heavy atom. The highest BCUT2D eigenvalue weighted by Gasteiger charge is 2.60. The monoisotopic (exact) mass is 1380 g/mol. The molecule has 0 aromatic rings. The topological polar surface area (TPSA) is 426 Å². The second-order valence-electron chi connectivity index (χ2n) is 26.4. The zero-order chi connectivity index (χ0) is 70.8. The van der Waals surface area contributed by atoms with E-state index in [-0.39, 0.29) is 24.8 Å². The quantitative estimate of drug-likeness (QED) is 0.0379. The van der Waals surface area contributed by atoms with E-state index in [9.17, 15) is 75.0 Å². The predicted molar refractivity (Wildman–Crippen MR) is 331 cm³/mol. The molecule has 30 nitrogen and oxygen atoms in total. The van der Waals surface area contributed by atoms with Crippen LogP contribution in [-0.2, 0) is 95.0 Å². The number of rotatable bonds is 19. The molecule has 0 spiro atoms. The molecule has 0 aliphatic carbocycles. The molecular weight excluding hydrogens is 1270 g/mol. The average molecular weight is 1380 g/mol. The summed E-state index contributed by atoms with van der Waals surface area (Å²) in [5.41, 5.74) is 0.128. The molecule has 0 aromatic carbocycles. The highest BCUT2D eigenvalue weighted by Crippen LogP contribution is 2.40. The Hall–Kier alpha value is -3.71. The Morgan fingerprint density at radius 1 is 0.552 bits per heavy atom. The van der Waals surface area contributed by atoms with Gasteiger partial charge in [0.15, 0.2) is 62.0 Å². The van der Waals surface area contributed by atoms with Gasteiger partial charge in [-0.15, -0.1) is 0 Å². The second kappa shape index (κ2) is 38.9. The largest absolute Gasteiger partial charge is 0.455 e. The van der Waals surface area contributed by atoms with Gasteiger partial charge in [-0.2, -0.15) is 0 Å². The highest BCUT2D eigenvalue weighted by atomic mass is 16.8. The summed E-state index contributed by atoms with van der Waals surface area (Å²) in [4.78, 5) is 69.0. The Morgan fingerprint density at radius 2 is 1.14 bits per heavy atom. The van der Waals surface area contributed by atoms with Crippen LogP contribution in [-0.4, -0.2) is 266 Å². The maximum atomic E-state index is 14.1. The van der Waals surface area contributed by atoms with Gasteiger partial charge in [0.25, 0.3) is 0 Å². The van der Waals surface area contributed by atoms with Crippen molar-refractivity contribution in [2.24, 2.45) is 17.8 Å². The lowest BCUT2D eigenvalue weighted by Crippen LogP contribution is -2.69. The molecule has 6 rings (SSSR count). The lowest BCUT2D eigenvalue weighted by Gasteiger charge is -2.51. The molecule has 554 valence electrons. The summed E-state index contributed by atoms with van der Waals surface area (Å²) in [5, 5.41) is 116. The Balaban J connectivity index is 1.56. The molecule has 6 fully saturated rings. The van der Waals surface area contributed by atoms with Gasteiger partial charge in [-0.05, 0) is 73.6 Å². The minimum absolute atomic E-state index is 0.113. The van der Waals surface area contributed by atoms with Crippen LogP contribution in [0.2, 0.25) is 0 Å². The number of esters is 5. The normalized spacial score (nSPS) is 40.3. The Kier molecular flexibility index (Phi) is 32.9. The van der Waals surface area contributed by atoms with Gasteiger partial charge in [-0.25, -0.2) is 4.79 Å². The van der Waals surface area contributed by atoms with Crippen LogP contribution in [0.3, 0.4) is 0 Å². The van der Waals surface area contributed by atoms with Gasteiger partial charge in [-0.1, -0.05) is 98.5 Å². The third-order valence-corrected chi connectivity index (χ3v) is 19.1. The number of fused-ring (bicyclic) bond motifs is 6. The summed E-state index contributed by atoms with van der Waals surface area (Å²) < 4.78 is 94.1. The van der Waals surface area contributed by atoms with Crippen LogP contribution in [0.4, 0.5) is 0 Å². The number of aliphatic hydroxyl groups is 10. The molecule has 4 bridgehead atoms. The van der Waals surface area contributed by atoms with Crippen molar-refractivity contribution in [2.75, 3.05) is 19.8 Å². The van der Waals surface area contributed by atoms with Crippen molar-refractivity contribution >= 4 is 29.8 Å². The molecule has 96 heavy (non-hydrogen) atoms. The summed E-state index contributed by atoms with van der Waals surface area (Å²) in [6.07, 6.45) is -37.6. The third-order valence-electron chi connectivity index (χ3n) is 19.1. The Bertz CT molecular complexity index is 2420. The van der Waals surface area contributed by atoms with E-state index in [4.69, 9.17) is 71.1 Å². The van der Waals surface area contributed by atoms with Crippen LogP contribution in [0.1, 0.15) is 172 Å². The van der Waals surface area contributed by atoms with E-state index in [1.54, 1.807) is 27.7 Å². The average Bonchev–Trinajstić information content (AvgIpc) is 0.769. The lowest BCUT2D eigenvalue weighted by molar-refractivity contribution is -0.410. The molecule has 30 unspecified atom stereocenters. The van der Waals surface area contributed by atoms with E-state index >= 15 is 0 Å². The van der Waals surface area contributed by atoms with Gasteiger partial charge in [0.2, 0.25) is 0 Å². The van der Waals surface area contributed by atoms with E-state index in [1.807, 2.05) is 6.92 Å². The first-order valence-electron chi connectivity index (χ1n) is 34.5. The number of allylic oxidation sites excluding steroid dienone is 1. The van der Waals surface area contributed by atoms with Gasteiger partial charge in [-0.3, -0.25) is 19.2 Å². The van der Waals surface area contributed by atoms with Crippen molar-refractivity contribution in [1.29, 1.82) is 0 Å². The van der Waals surface area contributed by atoms with Gasteiger partial charge in [0, 0.05) is 12.0 Å². The molecule has 0 saturated carbocycles. The minimum Gasteiger partial charge on any atom is -0.455 e. The predicted octanol–water partition coefficient (Wildman–Crippen LogP) is 1.46. The zero-order valence-electron chi connectivity index (χ0n) is 57.3. The summed E-state index contributed by atoms with van der Waals surface area (Å²) in [6.45, 7) is 14.3. The van der Waals surface area contributed by atoms with E-state index in [1.165, 1.54) is 47.6 Å². The molecule has 10 N–H and O–H groups in total. The SMILES string of the molecule is CC=C(C)C(=O)OC1C(C)OC(OC2C3OC(CO)C(O)C2OC2OC(COC4OC(CO)C(O)C(O)C4OC(=O)CCCCCCCCCC(CCCCC)OC4OC(C)C(O)C(O)C4O3)C(OC(=O)C(C)CC)C(OC(=O)C(C)CC)C2O)C(OC(=O)C(C)C(C)O)C1O. The minimum atomic E-state index is -2.25. The fourth-order valence-corrected chi connectivity index (χ4v) is 11.9. The molecule has 6 aliphatic heterocycles. The van der Waals surface area contributed by atoms with Crippen molar-refractivity contribution in [2.45, 2.75) is 338 Å². The smallest absolute Gasteiger partial charge is 0.333 e. The van der Waals surface area contributed by atoms with E-state index in [2.05, 4.69) is 0 Å². The first-order valence-corrected chi connectivity index (χ1v) is 34.5. The highest BCUT2D eigenvalue weighted by molar-refractivity contribution is 5.87. The zero-order valence-corrected chi connectivity index (χ0v) is 57.3. The number of carbonyl (C=O) groups excluding carboxylic acids is 5. The maximum Gasteiger partial charge on any atom is 0.333 e. The molecule has 30 heteroatoms. The molecule has 6 saturated heterocycles. The first kappa shape index (κ1) is 81.3. The fourth-order valence-electron chi connectivity index (χ4n) is 11.9. The van der Waals surface area contributed by atoms with Crippen LogP contribution >= 0.6 is 0 Å². The number of carbonyl (C=O) groups is 5. The first-order chi connectivity index (χ1) is 45.6. The second-order valence-corrected chi connectivity index (χ2v) is 26.4. The summed E-state index contributed by atoms with van der Waals surface area (Å²) in [7, 11) is 0. The molecular formula is C66H110O30. The number of hydrogen-bond donors (Lipinski definition) is 10. The maximum absolute atomic E-state index is 14.1. The Labute approximate surface area is 561 Å². The van der Waals surface area contributed by atoms with Crippen LogP contribution in [0.25, 0.3) is 0 Å². The summed E-state index contributed by atoms with van der Waals surface area (Å²) in [6, 6.07) is 0. The van der Waals surface area contributed by atoms with Crippen LogP contribution in [0.5, 0.6) is 0 Å². The van der Waals surface area contributed by atoms with Gasteiger partial charge >= 0.3 is 29.8 Å². The van der Waals surface area contributed by atoms with Crippen molar-refractivity contribution in [3.63, 3.8) is 0 Å². The van der Waals surface area contributed by atoms with Crippen molar-refractivity contribution in [1.82, 2.24) is 0 Å². The number of unbranched alkanes of at least 4 members (excludes halogenated alkanes) is 2. The number of aliphatic hydroxyl groups excluding tert-OH is 10.